The maximum Gasteiger partial charge on any atom is 0.264 e. The van der Waals surface area contributed by atoms with E-state index in [9.17, 15) is 12.8 Å². The highest BCUT2D eigenvalue weighted by atomic mass is 32.2. The van der Waals surface area contributed by atoms with E-state index in [0.717, 1.165) is 67.6 Å². The van der Waals surface area contributed by atoms with Gasteiger partial charge in [0.05, 0.1) is 23.2 Å². The number of hydrogen-bond donors (Lipinski definition) is 3. The van der Waals surface area contributed by atoms with E-state index in [2.05, 4.69) is 10.3 Å². The molecule has 0 saturated heterocycles. The van der Waals surface area contributed by atoms with Crippen molar-refractivity contribution in [1.82, 2.24) is 20.1 Å². The van der Waals surface area contributed by atoms with Crippen molar-refractivity contribution in [3.05, 3.63) is 65.1 Å². The van der Waals surface area contributed by atoms with Crippen molar-refractivity contribution in [3.8, 4) is 11.3 Å². The van der Waals surface area contributed by atoms with Crippen LogP contribution in [0.1, 0.15) is 62.6 Å². The van der Waals surface area contributed by atoms with Crippen molar-refractivity contribution in [2.45, 2.75) is 69.4 Å². The van der Waals surface area contributed by atoms with Gasteiger partial charge < -0.3 is 15.8 Å². The van der Waals surface area contributed by atoms with Gasteiger partial charge in [0, 0.05) is 43.6 Å². The lowest BCUT2D eigenvalue weighted by Gasteiger charge is -2.30. The van der Waals surface area contributed by atoms with Gasteiger partial charge in [-0.1, -0.05) is 6.07 Å². The molecule has 0 spiro atoms. The van der Waals surface area contributed by atoms with E-state index in [-0.39, 0.29) is 29.0 Å². The van der Waals surface area contributed by atoms with E-state index in [1.54, 1.807) is 24.9 Å². The second kappa shape index (κ2) is 12.7. The van der Waals surface area contributed by atoms with Gasteiger partial charge in [-0.3, -0.25) is 9.40 Å². The number of hydrogen-bond acceptors (Lipinski definition) is 7. The molecule has 4 aromatic rings. The van der Waals surface area contributed by atoms with Crippen LogP contribution < -0.4 is 15.8 Å². The Bertz CT molecular complexity index is 1790. The molecule has 0 amide bonds. The molecule has 4 N–H and O–H groups in total. The SMILES string of the molecule is COCCNC1CCC(c2cnc(N)c3c(-c4cc(F)c(NS(=O)(=O)c5cc(C)ccc5F)cc4F)nn(C(C)C)c23)CC1. The van der Waals surface area contributed by atoms with E-state index in [4.69, 9.17) is 15.6 Å². The zero-order chi connectivity index (χ0) is 31.8. The predicted octanol–water partition coefficient (Wildman–Crippen LogP) is 6.05. The molecule has 0 radical (unpaired) electrons. The lowest BCUT2D eigenvalue weighted by molar-refractivity contribution is 0.191. The molecular weight excluding hydrogens is 593 g/mol. The molecular formula is C31H37F3N6O3S. The van der Waals surface area contributed by atoms with E-state index < -0.39 is 38.1 Å². The quantitative estimate of drug-likeness (QED) is 0.182. The number of rotatable bonds is 10. The Kier molecular flexibility index (Phi) is 9.19. The third kappa shape index (κ3) is 6.26. The van der Waals surface area contributed by atoms with E-state index in [1.807, 2.05) is 18.6 Å². The summed E-state index contributed by atoms with van der Waals surface area (Å²) in [5.74, 6) is -2.71. The normalized spacial score (nSPS) is 17.5. The van der Waals surface area contributed by atoms with Crippen LogP contribution in [0.5, 0.6) is 0 Å². The fourth-order valence-corrected chi connectivity index (χ4v) is 7.10. The van der Waals surface area contributed by atoms with Gasteiger partial charge in [0.15, 0.2) is 0 Å². The minimum Gasteiger partial charge on any atom is -0.383 e. The molecule has 44 heavy (non-hydrogen) atoms. The number of nitrogens with zero attached hydrogens (tertiary/aromatic N) is 3. The van der Waals surface area contributed by atoms with E-state index >= 15 is 8.78 Å². The summed E-state index contributed by atoms with van der Waals surface area (Å²) in [6, 6.07) is 5.36. The summed E-state index contributed by atoms with van der Waals surface area (Å²) in [5, 5.41) is 8.62. The lowest BCUT2D eigenvalue weighted by Crippen LogP contribution is -2.34. The summed E-state index contributed by atoms with van der Waals surface area (Å²) >= 11 is 0. The summed E-state index contributed by atoms with van der Waals surface area (Å²) in [5.41, 5.74) is 7.75. The zero-order valence-electron chi connectivity index (χ0n) is 25.1. The third-order valence-corrected chi connectivity index (χ3v) is 9.49. The summed E-state index contributed by atoms with van der Waals surface area (Å²) in [6.45, 7) is 6.90. The van der Waals surface area contributed by atoms with Crippen molar-refractivity contribution >= 4 is 32.4 Å². The van der Waals surface area contributed by atoms with Gasteiger partial charge in [-0.05, 0) is 81.7 Å². The monoisotopic (exact) mass is 630 g/mol. The van der Waals surface area contributed by atoms with Gasteiger partial charge in [0.1, 0.15) is 33.9 Å². The molecule has 0 aliphatic heterocycles. The maximum atomic E-state index is 15.7. The fourth-order valence-electron chi connectivity index (χ4n) is 5.88. The first-order valence-electron chi connectivity index (χ1n) is 14.6. The standard InChI is InChI=1S/C31H37F3N6O3S/c1-17(2)40-30-22(19-6-8-20(9-7-19)36-11-12-43-4)16-37-31(35)28(30)29(38-40)21-14-25(34)26(15-24(21)33)39-44(41,42)27-13-18(3)5-10-23(27)32/h5,10,13-17,19-20,36,39H,6-9,11-12H2,1-4H3,(H2,35,37). The van der Waals surface area contributed by atoms with Crippen molar-refractivity contribution in [1.29, 1.82) is 0 Å². The van der Waals surface area contributed by atoms with E-state index in [1.165, 1.54) is 6.07 Å². The fraction of sp³-hybridized carbons (Fsp3) is 0.419. The number of methoxy groups -OCH3 is 1. The van der Waals surface area contributed by atoms with Crippen LogP contribution in [0.2, 0.25) is 0 Å². The van der Waals surface area contributed by atoms with Gasteiger partial charge in [0.2, 0.25) is 0 Å². The third-order valence-electron chi connectivity index (χ3n) is 8.11. The van der Waals surface area contributed by atoms with Crippen LogP contribution in [0.3, 0.4) is 0 Å². The van der Waals surface area contributed by atoms with Gasteiger partial charge in [-0.2, -0.15) is 5.10 Å². The Morgan fingerprint density at radius 3 is 2.48 bits per heavy atom. The molecule has 0 unspecified atom stereocenters. The zero-order valence-corrected chi connectivity index (χ0v) is 25.9. The molecule has 0 atom stereocenters. The average molecular weight is 631 g/mol. The number of sulfonamides is 1. The minimum atomic E-state index is -4.55. The lowest BCUT2D eigenvalue weighted by atomic mass is 9.81. The average Bonchev–Trinajstić information content (AvgIpc) is 3.38. The first-order valence-corrected chi connectivity index (χ1v) is 16.1. The first-order chi connectivity index (χ1) is 20.9. The van der Waals surface area contributed by atoms with Gasteiger partial charge in [-0.15, -0.1) is 0 Å². The molecule has 5 rings (SSSR count). The van der Waals surface area contributed by atoms with Gasteiger partial charge in [0.25, 0.3) is 10.0 Å². The molecule has 1 aliphatic rings. The molecule has 236 valence electrons. The van der Waals surface area contributed by atoms with Crippen LogP contribution in [0.4, 0.5) is 24.7 Å². The summed E-state index contributed by atoms with van der Waals surface area (Å²) in [4.78, 5) is 3.76. The molecule has 13 heteroatoms. The Labute approximate surface area is 255 Å². The summed E-state index contributed by atoms with van der Waals surface area (Å²) < 4.78 is 80.1. The number of anilines is 2. The number of nitrogens with two attached hydrogens (primary N) is 1. The largest absolute Gasteiger partial charge is 0.383 e. The molecule has 1 saturated carbocycles. The second-order valence-corrected chi connectivity index (χ2v) is 13.2. The number of pyridine rings is 1. The Morgan fingerprint density at radius 1 is 1.07 bits per heavy atom. The van der Waals surface area contributed by atoms with Crippen LogP contribution in [-0.2, 0) is 14.8 Å². The molecule has 2 heterocycles. The molecule has 1 aliphatic carbocycles. The highest BCUT2D eigenvalue weighted by Gasteiger charge is 2.30. The first kappa shape index (κ1) is 31.7. The topological polar surface area (TPSA) is 124 Å². The number of ether oxygens (including phenoxy) is 1. The van der Waals surface area contributed by atoms with Crippen LogP contribution in [0.25, 0.3) is 22.2 Å². The van der Waals surface area contributed by atoms with Crippen molar-refractivity contribution in [2.75, 3.05) is 30.7 Å². The highest BCUT2D eigenvalue weighted by molar-refractivity contribution is 7.92. The number of aryl methyl sites for hydroxylation is 1. The van der Waals surface area contributed by atoms with Gasteiger partial charge >= 0.3 is 0 Å². The molecule has 2 aromatic heterocycles. The van der Waals surface area contributed by atoms with Crippen LogP contribution in [0, 0.1) is 24.4 Å². The Hall–Kier alpha value is -3.68. The van der Waals surface area contributed by atoms with Crippen LogP contribution >= 0.6 is 0 Å². The number of nitrogens with one attached hydrogen (secondary N) is 2. The van der Waals surface area contributed by atoms with E-state index in [0.29, 0.717) is 23.6 Å². The van der Waals surface area contributed by atoms with Crippen LogP contribution in [-0.4, -0.2) is 49.5 Å². The number of aromatic nitrogens is 3. The minimum absolute atomic E-state index is 0.103. The summed E-state index contributed by atoms with van der Waals surface area (Å²) in [6.07, 6.45) is 5.50. The highest BCUT2D eigenvalue weighted by Crippen LogP contribution is 2.42. The number of nitrogen functional groups attached to an aromatic ring is 1. The molecule has 1 fully saturated rings. The van der Waals surface area contributed by atoms with Crippen molar-refractivity contribution in [3.63, 3.8) is 0 Å². The summed E-state index contributed by atoms with van der Waals surface area (Å²) in [7, 11) is -2.88. The second-order valence-electron chi connectivity index (χ2n) is 11.6. The number of benzene rings is 2. The number of halogens is 3. The predicted molar refractivity (Wildman–Crippen MR) is 164 cm³/mol. The molecule has 0 bridgehead atoms. The maximum absolute atomic E-state index is 15.7. The molecule has 2 aromatic carbocycles. The Balaban J connectivity index is 1.52. The van der Waals surface area contributed by atoms with Gasteiger partial charge in [-0.25, -0.2) is 26.6 Å². The van der Waals surface area contributed by atoms with Crippen molar-refractivity contribution < 1.29 is 26.3 Å². The van der Waals surface area contributed by atoms with Crippen LogP contribution in [0.15, 0.2) is 41.4 Å². The number of fused-ring (bicyclic) bond motifs is 1. The molecule has 9 nitrogen and oxygen atoms in total. The Morgan fingerprint density at radius 2 is 1.80 bits per heavy atom. The van der Waals surface area contributed by atoms with Crippen molar-refractivity contribution in [2.24, 2.45) is 0 Å². The smallest absolute Gasteiger partial charge is 0.264 e.